The molecule has 0 heterocycles. The number of hydrogen-bond donors (Lipinski definition) is 0. The van der Waals surface area contributed by atoms with Crippen molar-refractivity contribution in [2.75, 3.05) is 0 Å². The second-order valence-electron chi connectivity index (χ2n) is 1.85. The monoisotopic (exact) mass is 96.1 g/mol. The average molecular weight is 95.9 g/mol. The van der Waals surface area contributed by atoms with Crippen molar-refractivity contribution < 1.29 is 4.79 Å². The van der Waals surface area contributed by atoms with Crippen molar-refractivity contribution in [3.05, 3.63) is 0 Å². The van der Waals surface area contributed by atoms with Crippen LogP contribution in [-0.2, 0) is 4.79 Å². The molecule has 0 bridgehead atoms. The minimum absolute atomic E-state index is 0.000000000000000222. The average Bonchev–Trinajstić information content (AvgIpc) is 1.65. The van der Waals surface area contributed by atoms with Crippen LogP contribution in [0.25, 0.3) is 0 Å². The van der Waals surface area contributed by atoms with E-state index in [9.17, 15) is 4.79 Å². The maximum atomic E-state index is 9.87. The molecular weight excluding hydrogens is 86.9 g/mol. The van der Waals surface area contributed by atoms with Crippen molar-refractivity contribution in [3.63, 3.8) is 0 Å². The van der Waals surface area contributed by atoms with Crippen LogP contribution in [-0.4, -0.2) is 14.1 Å². The van der Waals surface area contributed by atoms with Crippen molar-refractivity contribution in [1.29, 1.82) is 0 Å². The molecule has 7 heavy (non-hydrogen) atoms. The van der Waals surface area contributed by atoms with Gasteiger partial charge in [-0.15, -0.1) is 0 Å². The van der Waals surface area contributed by atoms with Gasteiger partial charge < -0.3 is 4.79 Å². The van der Waals surface area contributed by atoms with E-state index in [1.54, 1.807) is 6.92 Å². The molecule has 0 aliphatic rings. The predicted octanol–water partition coefficient (Wildman–Crippen LogP) is 0.798. The highest BCUT2D eigenvalue weighted by Crippen LogP contribution is 2.07. The van der Waals surface area contributed by atoms with Gasteiger partial charge in [-0.25, -0.2) is 0 Å². The van der Waals surface area contributed by atoms with Crippen molar-refractivity contribution in [3.8, 4) is 0 Å². The van der Waals surface area contributed by atoms with Gasteiger partial charge in [0.05, 0.1) is 7.85 Å². The fourth-order valence-electron chi connectivity index (χ4n) is 0.124. The fourth-order valence-corrected chi connectivity index (χ4v) is 0.124. The van der Waals surface area contributed by atoms with Crippen LogP contribution >= 0.6 is 0 Å². The van der Waals surface area contributed by atoms with Gasteiger partial charge in [0.2, 0.25) is 0 Å². The van der Waals surface area contributed by atoms with E-state index in [1.807, 2.05) is 6.92 Å². The third-order valence-corrected chi connectivity index (χ3v) is 1.04. The quantitative estimate of drug-likeness (QED) is 0.367. The van der Waals surface area contributed by atoms with Crippen molar-refractivity contribution in [2.24, 2.45) is 5.92 Å². The van der Waals surface area contributed by atoms with Crippen LogP contribution in [0.4, 0.5) is 0 Å². The molecule has 0 aromatic rings. The molecule has 0 aliphatic heterocycles. The van der Waals surface area contributed by atoms with E-state index in [4.69, 9.17) is 7.85 Å². The molecule has 2 atom stereocenters. The lowest BCUT2D eigenvalue weighted by Crippen LogP contribution is -2.01. The molecule has 0 fully saturated rings. The smallest absolute Gasteiger partial charge is 0.122 e. The first kappa shape index (κ1) is 6.73. The topological polar surface area (TPSA) is 17.1 Å². The Kier molecular flexibility index (Phi) is 2.73. The molecule has 0 N–H and O–H groups in total. The first-order valence-corrected chi connectivity index (χ1v) is 2.39. The van der Waals surface area contributed by atoms with Crippen LogP contribution < -0.4 is 0 Å². The Bertz CT molecular complexity index is 61.1. The summed E-state index contributed by atoms with van der Waals surface area (Å²) in [7, 11) is 5.32. The van der Waals surface area contributed by atoms with E-state index in [2.05, 4.69) is 0 Å². The van der Waals surface area contributed by atoms with Gasteiger partial charge in [0.15, 0.2) is 0 Å². The Morgan fingerprint density at radius 3 is 2.00 bits per heavy atom. The minimum atomic E-state index is -0.00231. The second-order valence-corrected chi connectivity index (χ2v) is 1.85. The normalized spacial score (nSPS) is 18.0. The molecule has 2 radical (unpaired) electrons. The molecule has 2 unspecified atom stereocenters. The molecule has 0 aromatic carbocycles. The van der Waals surface area contributed by atoms with Crippen LogP contribution in [0.5, 0.6) is 0 Å². The Morgan fingerprint density at radius 2 is 2.00 bits per heavy atom. The molecule has 0 saturated heterocycles. The van der Waals surface area contributed by atoms with E-state index in [-0.39, 0.29) is 11.7 Å². The van der Waals surface area contributed by atoms with Crippen LogP contribution in [0.1, 0.15) is 13.8 Å². The standard InChI is InChI=1S/C5H9BO/c1-4(3-7)5(2)6/h3-5H,1-2H3. The summed E-state index contributed by atoms with van der Waals surface area (Å²) in [5.41, 5.74) is 0. The molecule has 0 amide bonds. The van der Waals surface area contributed by atoms with Crippen molar-refractivity contribution >= 4 is 14.1 Å². The number of aldehydes is 1. The van der Waals surface area contributed by atoms with Gasteiger partial charge in [0.25, 0.3) is 0 Å². The maximum absolute atomic E-state index is 9.87. The fraction of sp³-hybridized carbons (Fsp3) is 0.800. The second kappa shape index (κ2) is 2.83. The molecule has 1 nitrogen and oxygen atoms in total. The van der Waals surface area contributed by atoms with E-state index < -0.39 is 0 Å². The van der Waals surface area contributed by atoms with Gasteiger partial charge in [-0.3, -0.25) is 0 Å². The van der Waals surface area contributed by atoms with Crippen LogP contribution in [0.3, 0.4) is 0 Å². The summed E-state index contributed by atoms with van der Waals surface area (Å²) >= 11 is 0. The molecule has 0 aliphatic carbocycles. The number of hydrogen-bond acceptors (Lipinski definition) is 1. The van der Waals surface area contributed by atoms with E-state index in [0.29, 0.717) is 0 Å². The number of carbonyl (C=O) groups excluding carboxylic acids is 1. The van der Waals surface area contributed by atoms with E-state index in [0.717, 1.165) is 6.29 Å². The van der Waals surface area contributed by atoms with Crippen LogP contribution in [0.15, 0.2) is 0 Å². The molecule has 0 rings (SSSR count). The van der Waals surface area contributed by atoms with Crippen LogP contribution in [0.2, 0.25) is 5.82 Å². The van der Waals surface area contributed by atoms with Gasteiger partial charge in [-0.05, 0) is 0 Å². The zero-order valence-electron chi connectivity index (χ0n) is 4.72. The summed E-state index contributed by atoms with van der Waals surface area (Å²) in [6.45, 7) is 3.62. The molecular formula is C5H9BO. The van der Waals surface area contributed by atoms with Gasteiger partial charge in [0, 0.05) is 5.92 Å². The lowest BCUT2D eigenvalue weighted by Gasteiger charge is -2.04. The molecule has 2 heteroatoms. The largest absolute Gasteiger partial charge is 0.303 e. The van der Waals surface area contributed by atoms with E-state index in [1.165, 1.54) is 0 Å². The minimum Gasteiger partial charge on any atom is -0.303 e. The predicted molar refractivity (Wildman–Crippen MR) is 30.4 cm³/mol. The summed E-state index contributed by atoms with van der Waals surface area (Å²) < 4.78 is 0. The number of rotatable bonds is 2. The zero-order chi connectivity index (χ0) is 5.86. The Morgan fingerprint density at radius 1 is 1.57 bits per heavy atom. The summed E-state index contributed by atoms with van der Waals surface area (Å²) in [5, 5.41) is 0. The summed E-state index contributed by atoms with van der Waals surface area (Å²) in [5.74, 6) is -0.00231. The first-order chi connectivity index (χ1) is 3.18. The van der Waals surface area contributed by atoms with Gasteiger partial charge >= 0.3 is 0 Å². The Balaban J connectivity index is 3.33. The van der Waals surface area contributed by atoms with Gasteiger partial charge in [0.1, 0.15) is 6.29 Å². The third kappa shape index (κ3) is 2.43. The molecule has 0 aromatic heterocycles. The highest BCUT2D eigenvalue weighted by Gasteiger charge is 2.01. The van der Waals surface area contributed by atoms with Crippen LogP contribution in [0, 0.1) is 5.92 Å². The zero-order valence-corrected chi connectivity index (χ0v) is 4.72. The number of carbonyl (C=O) groups is 1. The van der Waals surface area contributed by atoms with Gasteiger partial charge in [-0.2, -0.15) is 0 Å². The summed E-state index contributed by atoms with van der Waals surface area (Å²) in [4.78, 5) is 9.87. The maximum Gasteiger partial charge on any atom is 0.122 e. The van der Waals surface area contributed by atoms with Gasteiger partial charge in [-0.1, -0.05) is 19.7 Å². The third-order valence-electron chi connectivity index (χ3n) is 1.04. The molecule has 0 saturated carbocycles. The van der Waals surface area contributed by atoms with Crippen molar-refractivity contribution in [2.45, 2.75) is 19.7 Å². The first-order valence-electron chi connectivity index (χ1n) is 2.39. The van der Waals surface area contributed by atoms with E-state index >= 15 is 0 Å². The molecule has 38 valence electrons. The van der Waals surface area contributed by atoms with Crippen molar-refractivity contribution in [1.82, 2.24) is 0 Å². The highest BCUT2D eigenvalue weighted by atomic mass is 16.1. The lowest BCUT2D eigenvalue weighted by molar-refractivity contribution is -0.110. The Labute approximate surface area is 45.5 Å². The SMILES string of the molecule is [B]C(C)C(C)C=O. The summed E-state index contributed by atoms with van der Waals surface area (Å²) in [6, 6.07) is 0. The lowest BCUT2D eigenvalue weighted by atomic mass is 9.80. The highest BCUT2D eigenvalue weighted by molar-refractivity contribution is 6.12. The summed E-state index contributed by atoms with van der Waals surface area (Å²) in [6.07, 6.45) is 0.866. The Hall–Kier alpha value is -0.265. The molecule has 0 spiro atoms.